The van der Waals surface area contributed by atoms with E-state index in [2.05, 4.69) is 63.2 Å². The number of likely N-dealkylation sites (N-methyl/N-ethyl adjacent to an activating group) is 1. The molecule has 0 unspecified atom stereocenters. The number of aromatic nitrogens is 1. The lowest BCUT2D eigenvalue weighted by molar-refractivity contribution is 0.873. The zero-order chi connectivity index (χ0) is 12.1. The van der Waals surface area contributed by atoms with Crippen LogP contribution in [0, 0.1) is 0 Å². The van der Waals surface area contributed by atoms with Crippen LogP contribution in [-0.2, 0) is 6.42 Å². The molecule has 0 amide bonds. The summed E-state index contributed by atoms with van der Waals surface area (Å²) in [4.78, 5) is 6.38. The molecule has 2 aromatic rings. The van der Waals surface area contributed by atoms with Crippen molar-refractivity contribution in [3.05, 3.63) is 58.8 Å². The molecular weight excluding hydrogens is 276 g/mol. The van der Waals surface area contributed by atoms with Crippen LogP contribution in [-0.4, -0.2) is 18.6 Å². The number of hydrogen-bond donors (Lipinski definition) is 0. The highest BCUT2D eigenvalue weighted by molar-refractivity contribution is 9.10. The van der Waals surface area contributed by atoms with Crippen LogP contribution >= 0.6 is 15.9 Å². The van der Waals surface area contributed by atoms with Crippen molar-refractivity contribution in [3.8, 4) is 0 Å². The molecule has 0 aliphatic heterocycles. The van der Waals surface area contributed by atoms with Crippen LogP contribution in [0.25, 0.3) is 0 Å². The van der Waals surface area contributed by atoms with E-state index in [1.807, 2.05) is 12.3 Å². The van der Waals surface area contributed by atoms with Crippen LogP contribution in [0.3, 0.4) is 0 Å². The molecule has 0 bridgehead atoms. The summed E-state index contributed by atoms with van der Waals surface area (Å²) >= 11 is 3.44. The van der Waals surface area contributed by atoms with Crippen LogP contribution < -0.4 is 4.90 Å². The summed E-state index contributed by atoms with van der Waals surface area (Å²) in [5.41, 5.74) is 2.50. The van der Waals surface area contributed by atoms with Gasteiger partial charge in [0.15, 0.2) is 0 Å². The third kappa shape index (κ3) is 3.56. The maximum Gasteiger partial charge on any atom is 0.0561 e. The Balaban J connectivity index is 1.96. The Hall–Kier alpha value is -1.35. The molecule has 0 radical (unpaired) electrons. The van der Waals surface area contributed by atoms with E-state index in [-0.39, 0.29) is 0 Å². The van der Waals surface area contributed by atoms with Crippen molar-refractivity contribution < 1.29 is 0 Å². The van der Waals surface area contributed by atoms with Gasteiger partial charge in [0, 0.05) is 24.3 Å². The Morgan fingerprint density at radius 1 is 1.18 bits per heavy atom. The van der Waals surface area contributed by atoms with Gasteiger partial charge in [-0.05, 0) is 34.0 Å². The van der Waals surface area contributed by atoms with Crippen LogP contribution in [0.1, 0.15) is 5.56 Å². The van der Waals surface area contributed by atoms with Gasteiger partial charge in [-0.25, -0.2) is 0 Å². The lowest BCUT2D eigenvalue weighted by Gasteiger charge is -2.18. The number of hydrogen-bond acceptors (Lipinski definition) is 2. The average Bonchev–Trinajstić information content (AvgIpc) is 2.37. The van der Waals surface area contributed by atoms with Gasteiger partial charge in [-0.15, -0.1) is 0 Å². The number of halogens is 1. The first kappa shape index (κ1) is 12.1. The molecule has 0 aliphatic rings. The lowest BCUT2D eigenvalue weighted by Crippen LogP contribution is -2.20. The van der Waals surface area contributed by atoms with E-state index in [0.717, 1.165) is 23.1 Å². The number of nitrogens with zero attached hydrogens (tertiary/aromatic N) is 2. The number of anilines is 1. The van der Waals surface area contributed by atoms with Gasteiger partial charge in [-0.1, -0.05) is 30.3 Å². The van der Waals surface area contributed by atoms with E-state index in [1.54, 1.807) is 6.20 Å². The monoisotopic (exact) mass is 290 g/mol. The van der Waals surface area contributed by atoms with Crippen molar-refractivity contribution in [2.75, 3.05) is 18.5 Å². The zero-order valence-electron chi connectivity index (χ0n) is 9.81. The van der Waals surface area contributed by atoms with E-state index < -0.39 is 0 Å². The van der Waals surface area contributed by atoms with Crippen molar-refractivity contribution in [2.45, 2.75) is 6.42 Å². The summed E-state index contributed by atoms with van der Waals surface area (Å²) in [6.07, 6.45) is 4.73. The van der Waals surface area contributed by atoms with Crippen molar-refractivity contribution in [1.29, 1.82) is 0 Å². The Kier molecular flexibility index (Phi) is 4.15. The predicted octanol–water partition coefficient (Wildman–Crippen LogP) is 3.52. The Bertz CT molecular complexity index is 471. The van der Waals surface area contributed by atoms with Gasteiger partial charge in [-0.2, -0.15) is 0 Å². The van der Waals surface area contributed by atoms with Gasteiger partial charge in [0.2, 0.25) is 0 Å². The molecule has 0 fully saturated rings. The summed E-state index contributed by atoms with van der Waals surface area (Å²) in [5, 5.41) is 0. The average molecular weight is 291 g/mol. The van der Waals surface area contributed by atoms with Gasteiger partial charge in [0.1, 0.15) is 0 Å². The minimum Gasteiger partial charge on any atom is -0.373 e. The van der Waals surface area contributed by atoms with E-state index in [0.29, 0.717) is 0 Å². The van der Waals surface area contributed by atoms with Crippen molar-refractivity contribution >= 4 is 21.6 Å². The molecule has 0 saturated heterocycles. The zero-order valence-corrected chi connectivity index (χ0v) is 11.4. The van der Waals surface area contributed by atoms with Gasteiger partial charge in [-0.3, -0.25) is 4.98 Å². The fraction of sp³-hybridized carbons (Fsp3) is 0.214. The first-order valence-electron chi connectivity index (χ1n) is 5.61. The molecule has 17 heavy (non-hydrogen) atoms. The first-order chi connectivity index (χ1) is 8.25. The Morgan fingerprint density at radius 2 is 1.94 bits per heavy atom. The summed E-state index contributed by atoms with van der Waals surface area (Å²) < 4.78 is 1.02. The molecule has 1 aromatic heterocycles. The summed E-state index contributed by atoms with van der Waals surface area (Å²) in [5.74, 6) is 0. The third-order valence-electron chi connectivity index (χ3n) is 2.71. The molecule has 0 spiro atoms. The lowest BCUT2D eigenvalue weighted by atomic mass is 10.1. The number of pyridine rings is 1. The van der Waals surface area contributed by atoms with Gasteiger partial charge >= 0.3 is 0 Å². The first-order valence-corrected chi connectivity index (χ1v) is 6.40. The molecule has 3 heteroatoms. The fourth-order valence-corrected chi connectivity index (χ4v) is 2.03. The van der Waals surface area contributed by atoms with Gasteiger partial charge in [0.05, 0.1) is 11.9 Å². The largest absolute Gasteiger partial charge is 0.373 e. The van der Waals surface area contributed by atoms with Crippen LogP contribution in [0.15, 0.2) is 53.3 Å². The molecule has 0 atom stereocenters. The molecular formula is C14H15BrN2. The molecule has 0 N–H and O–H groups in total. The fourth-order valence-electron chi connectivity index (χ4n) is 1.68. The quantitative estimate of drug-likeness (QED) is 0.856. The van der Waals surface area contributed by atoms with Gasteiger partial charge < -0.3 is 4.90 Å². The van der Waals surface area contributed by atoms with Crippen LogP contribution in [0.5, 0.6) is 0 Å². The molecule has 2 nitrogen and oxygen atoms in total. The summed E-state index contributed by atoms with van der Waals surface area (Å²) in [6.45, 7) is 0.988. The minimum atomic E-state index is 0.988. The second-order valence-electron chi connectivity index (χ2n) is 4.02. The van der Waals surface area contributed by atoms with Crippen LogP contribution in [0.2, 0.25) is 0 Å². The molecule has 2 rings (SSSR count). The molecule has 0 saturated carbocycles. The van der Waals surface area contributed by atoms with Crippen molar-refractivity contribution in [2.24, 2.45) is 0 Å². The predicted molar refractivity (Wildman–Crippen MR) is 75.4 cm³/mol. The maximum absolute atomic E-state index is 4.17. The standard InChI is InChI=1S/C14H15BrN2/c1-17(14-9-13(15)10-16-11-14)8-7-12-5-3-2-4-6-12/h2-6,9-11H,7-8H2,1H3. The smallest absolute Gasteiger partial charge is 0.0561 e. The van der Waals surface area contributed by atoms with E-state index in [1.165, 1.54) is 5.56 Å². The number of rotatable bonds is 4. The Labute approximate surface area is 110 Å². The highest BCUT2D eigenvalue weighted by Gasteiger charge is 2.02. The highest BCUT2D eigenvalue weighted by atomic mass is 79.9. The van der Waals surface area contributed by atoms with Crippen LogP contribution in [0.4, 0.5) is 5.69 Å². The normalized spacial score (nSPS) is 10.2. The second-order valence-corrected chi connectivity index (χ2v) is 4.93. The topological polar surface area (TPSA) is 16.1 Å². The van der Waals surface area contributed by atoms with Gasteiger partial charge in [0.25, 0.3) is 0 Å². The molecule has 1 aromatic carbocycles. The van der Waals surface area contributed by atoms with E-state index in [9.17, 15) is 0 Å². The summed E-state index contributed by atoms with van der Waals surface area (Å²) in [7, 11) is 2.09. The second kappa shape index (κ2) is 5.82. The highest BCUT2D eigenvalue weighted by Crippen LogP contribution is 2.17. The minimum absolute atomic E-state index is 0.988. The Morgan fingerprint density at radius 3 is 2.65 bits per heavy atom. The maximum atomic E-state index is 4.17. The molecule has 88 valence electrons. The van der Waals surface area contributed by atoms with E-state index >= 15 is 0 Å². The third-order valence-corrected chi connectivity index (χ3v) is 3.14. The molecule has 1 heterocycles. The number of benzene rings is 1. The van der Waals surface area contributed by atoms with E-state index in [4.69, 9.17) is 0 Å². The SMILES string of the molecule is CN(CCc1ccccc1)c1cncc(Br)c1. The summed E-state index contributed by atoms with van der Waals surface area (Å²) in [6, 6.07) is 12.6. The van der Waals surface area contributed by atoms with Crippen molar-refractivity contribution in [3.63, 3.8) is 0 Å². The molecule has 0 aliphatic carbocycles. The van der Waals surface area contributed by atoms with Crippen molar-refractivity contribution in [1.82, 2.24) is 4.98 Å².